The second-order valence-corrected chi connectivity index (χ2v) is 10.9. The van der Waals surface area contributed by atoms with Crippen molar-refractivity contribution in [3.8, 4) is 0 Å². The van der Waals surface area contributed by atoms with Crippen LogP contribution in [0.5, 0.6) is 0 Å². The summed E-state index contributed by atoms with van der Waals surface area (Å²) in [5.41, 5.74) is -0.822. The lowest BCUT2D eigenvalue weighted by atomic mass is 10.0. The van der Waals surface area contributed by atoms with E-state index in [9.17, 15) is 40.7 Å². The van der Waals surface area contributed by atoms with Gasteiger partial charge in [0.15, 0.2) is 5.69 Å². The number of rotatable bonds is 4. The molecular formula is C27H23ClF7N5O4. The monoisotopic (exact) mass is 649 g/mol. The van der Waals surface area contributed by atoms with Crippen molar-refractivity contribution >= 4 is 46.2 Å². The molecule has 17 heteroatoms. The van der Waals surface area contributed by atoms with E-state index in [2.05, 4.69) is 14.8 Å². The van der Waals surface area contributed by atoms with Crippen molar-refractivity contribution in [1.82, 2.24) is 19.7 Å². The molecule has 0 spiro atoms. The number of carbonyl (C=O) groups is 3. The first-order valence-electron chi connectivity index (χ1n) is 13.4. The molecule has 1 atom stereocenters. The molecule has 9 nitrogen and oxygen atoms in total. The number of likely N-dealkylation sites (tertiary alicyclic amines) is 1. The number of aryl methyl sites for hydroxylation is 1. The van der Waals surface area contributed by atoms with E-state index in [1.807, 2.05) is 0 Å². The normalized spacial score (nSPS) is 18.2. The van der Waals surface area contributed by atoms with Crippen LogP contribution in [0.4, 0.5) is 36.6 Å². The minimum absolute atomic E-state index is 0.0694. The Hall–Kier alpha value is -3.95. The number of pyridine rings is 1. The second kappa shape index (κ2) is 11.5. The molecule has 44 heavy (non-hydrogen) atoms. The van der Waals surface area contributed by atoms with Gasteiger partial charge in [-0.05, 0) is 50.8 Å². The lowest BCUT2D eigenvalue weighted by molar-refractivity contribution is -0.203. The molecule has 0 unspecified atom stereocenters. The van der Waals surface area contributed by atoms with Gasteiger partial charge < -0.3 is 14.5 Å². The number of halogens is 8. The lowest BCUT2D eigenvalue weighted by Crippen LogP contribution is -2.43. The predicted molar refractivity (Wildman–Crippen MR) is 140 cm³/mol. The van der Waals surface area contributed by atoms with Crippen molar-refractivity contribution in [2.45, 2.75) is 57.0 Å². The summed E-state index contributed by atoms with van der Waals surface area (Å²) in [6.07, 6.45) is -9.12. The molecule has 0 bridgehead atoms. The van der Waals surface area contributed by atoms with Crippen LogP contribution in [-0.2, 0) is 20.5 Å². The maximum atomic E-state index is 15.4. The van der Waals surface area contributed by atoms with Gasteiger partial charge in [0.1, 0.15) is 17.7 Å². The average Bonchev–Trinajstić information content (AvgIpc) is 3.56. The Kier molecular flexibility index (Phi) is 8.24. The number of ether oxygens (including phenoxy) is 1. The first-order chi connectivity index (χ1) is 20.6. The SMILES string of the molecule is Cc1nn(C2CCN(c3ccc(Cl)c(C(F)(F)F)n3)CC2)c2cc(F)c(C(=O)N3CCC[C@H]3C(=O)OC(=O)C(F)(F)F)cc12. The number of amides is 1. The molecule has 3 aromatic rings. The van der Waals surface area contributed by atoms with Crippen LogP contribution in [0, 0.1) is 12.7 Å². The highest BCUT2D eigenvalue weighted by Crippen LogP contribution is 2.36. The van der Waals surface area contributed by atoms with Gasteiger partial charge in [-0.15, -0.1) is 0 Å². The van der Waals surface area contributed by atoms with Gasteiger partial charge in [0, 0.05) is 31.1 Å². The van der Waals surface area contributed by atoms with Gasteiger partial charge in [0.25, 0.3) is 5.91 Å². The molecule has 0 radical (unpaired) electrons. The largest absolute Gasteiger partial charge is 0.491 e. The van der Waals surface area contributed by atoms with Crippen molar-refractivity contribution in [3.63, 3.8) is 0 Å². The van der Waals surface area contributed by atoms with E-state index in [4.69, 9.17) is 11.6 Å². The minimum Gasteiger partial charge on any atom is -0.385 e. The number of hydrogen-bond acceptors (Lipinski definition) is 7. The first kappa shape index (κ1) is 31.5. The van der Waals surface area contributed by atoms with Crippen LogP contribution >= 0.6 is 11.6 Å². The molecule has 2 saturated heterocycles. The van der Waals surface area contributed by atoms with Crippen LogP contribution in [0.1, 0.15) is 53.5 Å². The van der Waals surface area contributed by atoms with E-state index in [1.54, 1.807) is 16.5 Å². The highest BCUT2D eigenvalue weighted by molar-refractivity contribution is 6.31. The molecule has 2 fully saturated rings. The molecule has 1 aromatic carbocycles. The number of aromatic nitrogens is 3. The Labute approximate surface area is 249 Å². The van der Waals surface area contributed by atoms with E-state index in [1.165, 1.54) is 12.1 Å². The molecule has 0 N–H and O–H groups in total. The molecule has 1 amide bonds. The van der Waals surface area contributed by atoms with Crippen LogP contribution in [0.15, 0.2) is 24.3 Å². The summed E-state index contributed by atoms with van der Waals surface area (Å²) in [6, 6.07) is 3.13. The van der Waals surface area contributed by atoms with Gasteiger partial charge in [-0.1, -0.05) is 11.6 Å². The summed E-state index contributed by atoms with van der Waals surface area (Å²) in [7, 11) is 0. The maximum Gasteiger partial charge on any atom is 0.491 e. The second-order valence-electron chi connectivity index (χ2n) is 10.5. The third kappa shape index (κ3) is 6.03. The zero-order valence-corrected chi connectivity index (χ0v) is 23.6. The summed E-state index contributed by atoms with van der Waals surface area (Å²) in [5, 5.41) is 4.42. The zero-order chi connectivity index (χ0) is 32.1. The Morgan fingerprint density at radius 1 is 1.00 bits per heavy atom. The molecule has 2 aliphatic rings. The Balaban J connectivity index is 1.34. The molecule has 236 valence electrons. The fraction of sp³-hybridized carbons (Fsp3) is 0.444. The Bertz CT molecular complexity index is 1630. The molecule has 2 aliphatic heterocycles. The highest BCUT2D eigenvalue weighted by Gasteiger charge is 2.45. The van der Waals surface area contributed by atoms with Crippen molar-refractivity contribution in [2.75, 3.05) is 24.5 Å². The number of fused-ring (bicyclic) bond motifs is 1. The third-order valence-electron chi connectivity index (χ3n) is 7.65. The summed E-state index contributed by atoms with van der Waals surface area (Å²) >= 11 is 5.68. The smallest absolute Gasteiger partial charge is 0.385 e. The van der Waals surface area contributed by atoms with Crippen molar-refractivity contribution in [2.24, 2.45) is 0 Å². The van der Waals surface area contributed by atoms with Crippen LogP contribution in [0.3, 0.4) is 0 Å². The third-order valence-corrected chi connectivity index (χ3v) is 7.96. The van der Waals surface area contributed by atoms with Crippen LogP contribution < -0.4 is 4.90 Å². The molecule has 5 rings (SSSR count). The number of esters is 2. The van der Waals surface area contributed by atoms with Gasteiger partial charge in [0.05, 0.1) is 27.8 Å². The quantitative estimate of drug-likeness (QED) is 0.205. The molecular weight excluding hydrogens is 627 g/mol. The standard InChI is InChI=1S/C27H23ClF7N5O4/c1-13-15-11-16(23(41)39-8-2-3-19(39)24(42)44-25(43)27(33,34)35)18(29)12-20(15)40(37-13)14-6-9-38(10-7-14)21-5-4-17(28)22(36-21)26(30,31)32/h4-5,11-12,14,19H,2-3,6-10H2,1H3/t19-/m0/s1. The maximum absolute atomic E-state index is 15.4. The molecule has 0 saturated carbocycles. The number of piperidine rings is 1. The summed E-state index contributed by atoms with van der Waals surface area (Å²) in [6.45, 7) is 2.20. The average molecular weight is 650 g/mol. The fourth-order valence-corrected chi connectivity index (χ4v) is 5.74. The van der Waals surface area contributed by atoms with E-state index in [-0.39, 0.29) is 31.2 Å². The number of benzene rings is 1. The van der Waals surface area contributed by atoms with Crippen molar-refractivity contribution < 1.29 is 49.9 Å². The topological polar surface area (TPSA) is 97.6 Å². The van der Waals surface area contributed by atoms with Gasteiger partial charge >= 0.3 is 24.3 Å². The van der Waals surface area contributed by atoms with Crippen LogP contribution in [0.25, 0.3) is 10.9 Å². The Morgan fingerprint density at radius 2 is 1.68 bits per heavy atom. The van der Waals surface area contributed by atoms with E-state index in [0.29, 0.717) is 42.5 Å². The minimum atomic E-state index is -5.40. The van der Waals surface area contributed by atoms with E-state index >= 15 is 4.39 Å². The number of anilines is 1. The van der Waals surface area contributed by atoms with Gasteiger partial charge in [-0.2, -0.15) is 31.4 Å². The lowest BCUT2D eigenvalue weighted by Gasteiger charge is -2.33. The first-order valence-corrected chi connectivity index (χ1v) is 13.7. The summed E-state index contributed by atoms with van der Waals surface area (Å²) in [4.78, 5) is 42.9. The number of alkyl halides is 6. The predicted octanol–water partition coefficient (Wildman–Crippen LogP) is 5.63. The molecule has 4 heterocycles. The summed E-state index contributed by atoms with van der Waals surface area (Å²) < 4.78 is 98.3. The summed E-state index contributed by atoms with van der Waals surface area (Å²) in [5.74, 6) is -6.08. The van der Waals surface area contributed by atoms with Crippen LogP contribution in [-0.4, -0.2) is 69.4 Å². The fourth-order valence-electron chi connectivity index (χ4n) is 5.53. The van der Waals surface area contributed by atoms with Crippen molar-refractivity contribution in [3.05, 3.63) is 52.1 Å². The zero-order valence-electron chi connectivity index (χ0n) is 22.8. The number of hydrogen-bond donors (Lipinski definition) is 0. The van der Waals surface area contributed by atoms with E-state index < -0.39 is 58.3 Å². The van der Waals surface area contributed by atoms with Gasteiger partial charge in [-0.3, -0.25) is 9.48 Å². The molecule has 0 aliphatic carbocycles. The van der Waals surface area contributed by atoms with Gasteiger partial charge in [-0.25, -0.2) is 19.0 Å². The van der Waals surface area contributed by atoms with Gasteiger partial charge in [0.2, 0.25) is 0 Å². The molecule has 2 aromatic heterocycles. The van der Waals surface area contributed by atoms with E-state index in [0.717, 1.165) is 17.0 Å². The van der Waals surface area contributed by atoms with Crippen LogP contribution in [0.2, 0.25) is 5.02 Å². The van der Waals surface area contributed by atoms with Crippen molar-refractivity contribution in [1.29, 1.82) is 0 Å². The number of nitrogens with zero attached hydrogens (tertiary/aromatic N) is 5. The Morgan fingerprint density at radius 3 is 2.32 bits per heavy atom. The number of carbonyl (C=O) groups excluding carboxylic acids is 3. The highest BCUT2D eigenvalue weighted by atomic mass is 35.5.